The van der Waals surface area contributed by atoms with Crippen molar-refractivity contribution >= 4 is 29.1 Å². The molecule has 0 aliphatic carbocycles. The maximum Gasteiger partial charge on any atom is 0.244 e. The third kappa shape index (κ3) is 4.47. The third-order valence-corrected chi connectivity index (χ3v) is 3.43. The Labute approximate surface area is 133 Å². The summed E-state index contributed by atoms with van der Waals surface area (Å²) in [6, 6.07) is -0.336. The highest BCUT2D eigenvalue weighted by Crippen LogP contribution is 2.14. The number of nitrogens with one attached hydrogen (secondary N) is 1. The molecule has 21 heavy (non-hydrogen) atoms. The topological polar surface area (TPSA) is 64.7 Å². The Balaban J connectivity index is 1.77. The van der Waals surface area contributed by atoms with Crippen LogP contribution in [-0.4, -0.2) is 32.0 Å². The van der Waals surface area contributed by atoms with Gasteiger partial charge < -0.3 is 5.32 Å². The van der Waals surface area contributed by atoms with Crippen LogP contribution in [0.1, 0.15) is 25.8 Å². The van der Waals surface area contributed by atoms with E-state index in [0.29, 0.717) is 29.6 Å². The predicted octanol–water partition coefficient (Wildman–Crippen LogP) is 2.54. The maximum absolute atomic E-state index is 12.1. The number of hydrogen-bond donors (Lipinski definition) is 1. The number of hydrogen-bond acceptors (Lipinski definition) is 3. The number of rotatable bonds is 7. The maximum atomic E-state index is 12.1. The van der Waals surface area contributed by atoms with Gasteiger partial charge in [-0.3, -0.25) is 14.2 Å². The SMILES string of the molecule is CCC(C(=O)NCCCn1cc(Cl)cn1)n1cc(Cl)cn1. The first-order valence-corrected chi connectivity index (χ1v) is 7.51. The Morgan fingerprint density at radius 3 is 2.57 bits per heavy atom. The Hall–Kier alpha value is -1.53. The summed E-state index contributed by atoms with van der Waals surface area (Å²) >= 11 is 11.6. The number of carbonyl (C=O) groups is 1. The van der Waals surface area contributed by atoms with E-state index in [9.17, 15) is 4.79 Å². The van der Waals surface area contributed by atoms with Crippen molar-refractivity contribution in [3.8, 4) is 0 Å². The van der Waals surface area contributed by atoms with E-state index < -0.39 is 0 Å². The molecule has 0 radical (unpaired) electrons. The quantitative estimate of drug-likeness (QED) is 0.794. The van der Waals surface area contributed by atoms with E-state index in [0.717, 1.165) is 6.42 Å². The molecule has 0 aliphatic rings. The van der Waals surface area contributed by atoms with Gasteiger partial charge >= 0.3 is 0 Å². The van der Waals surface area contributed by atoms with Gasteiger partial charge in [0.15, 0.2) is 0 Å². The number of amides is 1. The number of carbonyl (C=O) groups excluding carboxylic acids is 1. The molecule has 1 atom stereocenters. The van der Waals surface area contributed by atoms with Gasteiger partial charge in [-0.25, -0.2) is 0 Å². The molecule has 0 bridgehead atoms. The lowest BCUT2D eigenvalue weighted by Crippen LogP contribution is -2.33. The molecule has 2 aromatic rings. The highest BCUT2D eigenvalue weighted by Gasteiger charge is 2.18. The molecule has 2 heterocycles. The van der Waals surface area contributed by atoms with Crippen LogP contribution in [0.3, 0.4) is 0 Å². The molecule has 0 fully saturated rings. The molecule has 6 nitrogen and oxygen atoms in total. The summed E-state index contributed by atoms with van der Waals surface area (Å²) in [7, 11) is 0. The van der Waals surface area contributed by atoms with Gasteiger partial charge in [-0.15, -0.1) is 0 Å². The molecule has 1 unspecified atom stereocenters. The molecular formula is C13H17Cl2N5O. The zero-order chi connectivity index (χ0) is 15.2. The van der Waals surface area contributed by atoms with Crippen LogP contribution in [0.15, 0.2) is 24.8 Å². The van der Waals surface area contributed by atoms with Crippen LogP contribution in [0.4, 0.5) is 0 Å². The Kier molecular flexibility index (Phi) is 5.64. The van der Waals surface area contributed by atoms with Crippen molar-refractivity contribution in [1.82, 2.24) is 24.9 Å². The van der Waals surface area contributed by atoms with Gasteiger partial charge in [-0.05, 0) is 12.8 Å². The number of halogens is 2. The van der Waals surface area contributed by atoms with E-state index in [2.05, 4.69) is 15.5 Å². The molecule has 114 valence electrons. The normalized spacial score (nSPS) is 12.3. The molecule has 2 rings (SSSR count). The lowest BCUT2D eigenvalue weighted by Gasteiger charge is -2.15. The van der Waals surface area contributed by atoms with Crippen LogP contribution < -0.4 is 5.32 Å². The second-order valence-corrected chi connectivity index (χ2v) is 5.50. The molecule has 0 saturated heterocycles. The molecule has 0 spiro atoms. The first kappa shape index (κ1) is 15.9. The average molecular weight is 330 g/mol. The Morgan fingerprint density at radius 1 is 1.29 bits per heavy atom. The standard InChI is InChI=1S/C13H17Cl2N5O/c1-2-12(20-9-11(15)7-18-20)13(21)16-4-3-5-19-8-10(14)6-17-19/h6-9,12H,2-5H2,1H3,(H,16,21). The predicted molar refractivity (Wildman–Crippen MR) is 81.4 cm³/mol. The lowest BCUT2D eigenvalue weighted by atomic mass is 10.2. The molecule has 0 saturated carbocycles. The number of aryl methyl sites for hydroxylation is 1. The number of aromatic nitrogens is 4. The minimum absolute atomic E-state index is 0.0595. The summed E-state index contributed by atoms with van der Waals surface area (Å²) < 4.78 is 3.34. The van der Waals surface area contributed by atoms with Crippen molar-refractivity contribution in [3.05, 3.63) is 34.8 Å². The van der Waals surface area contributed by atoms with E-state index in [1.807, 2.05) is 6.92 Å². The van der Waals surface area contributed by atoms with Crippen molar-refractivity contribution in [1.29, 1.82) is 0 Å². The van der Waals surface area contributed by atoms with E-state index in [1.54, 1.807) is 28.0 Å². The summed E-state index contributed by atoms with van der Waals surface area (Å²) in [5.74, 6) is -0.0595. The molecule has 0 aliphatic heterocycles. The van der Waals surface area contributed by atoms with Crippen LogP contribution in [0.25, 0.3) is 0 Å². The van der Waals surface area contributed by atoms with Crippen molar-refractivity contribution in [3.63, 3.8) is 0 Å². The zero-order valence-electron chi connectivity index (χ0n) is 11.7. The van der Waals surface area contributed by atoms with Crippen molar-refractivity contribution in [2.45, 2.75) is 32.4 Å². The fourth-order valence-electron chi connectivity index (χ4n) is 2.01. The van der Waals surface area contributed by atoms with Gasteiger partial charge in [0.05, 0.1) is 22.4 Å². The first-order valence-electron chi connectivity index (χ1n) is 6.75. The molecular weight excluding hydrogens is 313 g/mol. The lowest BCUT2D eigenvalue weighted by molar-refractivity contribution is -0.124. The monoisotopic (exact) mass is 329 g/mol. The smallest absolute Gasteiger partial charge is 0.244 e. The van der Waals surface area contributed by atoms with Gasteiger partial charge in [0.1, 0.15) is 6.04 Å². The van der Waals surface area contributed by atoms with E-state index >= 15 is 0 Å². The van der Waals surface area contributed by atoms with E-state index in [-0.39, 0.29) is 11.9 Å². The zero-order valence-corrected chi connectivity index (χ0v) is 13.2. The van der Waals surface area contributed by atoms with E-state index in [4.69, 9.17) is 23.2 Å². The minimum atomic E-state index is -0.336. The van der Waals surface area contributed by atoms with Crippen LogP contribution in [-0.2, 0) is 11.3 Å². The minimum Gasteiger partial charge on any atom is -0.354 e. The Bertz CT molecular complexity index is 595. The molecule has 1 N–H and O–H groups in total. The van der Waals surface area contributed by atoms with Crippen molar-refractivity contribution < 1.29 is 4.79 Å². The van der Waals surface area contributed by atoms with E-state index in [1.165, 1.54) is 6.20 Å². The van der Waals surface area contributed by atoms with Gasteiger partial charge in [0.2, 0.25) is 5.91 Å². The van der Waals surface area contributed by atoms with Gasteiger partial charge in [0, 0.05) is 25.5 Å². The van der Waals surface area contributed by atoms with Crippen LogP contribution >= 0.6 is 23.2 Å². The summed E-state index contributed by atoms with van der Waals surface area (Å²) in [6.07, 6.45) is 7.96. The Morgan fingerprint density at radius 2 is 2.00 bits per heavy atom. The van der Waals surface area contributed by atoms with Gasteiger partial charge in [-0.1, -0.05) is 30.1 Å². The summed E-state index contributed by atoms with van der Waals surface area (Å²) in [6.45, 7) is 3.21. The van der Waals surface area contributed by atoms with Crippen LogP contribution in [0.5, 0.6) is 0 Å². The largest absolute Gasteiger partial charge is 0.354 e. The average Bonchev–Trinajstić information content (AvgIpc) is 3.05. The number of nitrogens with zero attached hydrogens (tertiary/aromatic N) is 4. The third-order valence-electron chi connectivity index (χ3n) is 3.04. The fourth-order valence-corrected chi connectivity index (χ4v) is 2.31. The first-order chi connectivity index (χ1) is 10.1. The highest BCUT2D eigenvalue weighted by molar-refractivity contribution is 6.30. The summed E-state index contributed by atoms with van der Waals surface area (Å²) in [5.41, 5.74) is 0. The molecule has 0 aromatic carbocycles. The second-order valence-electron chi connectivity index (χ2n) is 4.63. The molecule has 1 amide bonds. The fraction of sp³-hybridized carbons (Fsp3) is 0.462. The van der Waals surface area contributed by atoms with Gasteiger partial charge in [-0.2, -0.15) is 10.2 Å². The van der Waals surface area contributed by atoms with Crippen LogP contribution in [0.2, 0.25) is 10.0 Å². The van der Waals surface area contributed by atoms with Crippen molar-refractivity contribution in [2.75, 3.05) is 6.54 Å². The molecule has 8 heteroatoms. The highest BCUT2D eigenvalue weighted by atomic mass is 35.5. The summed E-state index contributed by atoms with van der Waals surface area (Å²) in [4.78, 5) is 12.1. The second kappa shape index (κ2) is 7.47. The van der Waals surface area contributed by atoms with Crippen molar-refractivity contribution in [2.24, 2.45) is 0 Å². The van der Waals surface area contributed by atoms with Gasteiger partial charge in [0.25, 0.3) is 0 Å². The molecule has 2 aromatic heterocycles. The summed E-state index contributed by atoms with van der Waals surface area (Å²) in [5, 5.41) is 12.2. The van der Waals surface area contributed by atoms with Crippen LogP contribution in [0, 0.1) is 0 Å².